The van der Waals surface area contributed by atoms with Gasteiger partial charge in [0.25, 0.3) is 0 Å². The summed E-state index contributed by atoms with van der Waals surface area (Å²) in [5.41, 5.74) is 1.49. The minimum absolute atomic E-state index is 0.0915. The molecule has 84 valence electrons. The second kappa shape index (κ2) is 3.71. The molecule has 0 radical (unpaired) electrons. The monoisotopic (exact) mass is 244 g/mol. The summed E-state index contributed by atoms with van der Waals surface area (Å²) < 4.78 is 21.9. The van der Waals surface area contributed by atoms with E-state index in [1.165, 1.54) is 6.20 Å². The van der Waals surface area contributed by atoms with Gasteiger partial charge in [-0.15, -0.1) is 0 Å². The smallest absolute Gasteiger partial charge is 0.239 e. The number of fused-ring (bicyclic) bond motifs is 3. The van der Waals surface area contributed by atoms with Crippen molar-refractivity contribution in [3.8, 4) is 0 Å². The molecule has 5 heteroatoms. The van der Waals surface area contributed by atoms with E-state index in [1.807, 2.05) is 36.4 Å². The van der Waals surface area contributed by atoms with Crippen molar-refractivity contribution < 1.29 is 8.42 Å². The number of aromatic amines is 1. The second-order valence-corrected chi connectivity index (χ2v) is 4.57. The Morgan fingerprint density at radius 1 is 1.06 bits per heavy atom. The normalized spacial score (nSPS) is 10.8. The number of H-pyrrole nitrogens is 1. The van der Waals surface area contributed by atoms with Gasteiger partial charge in [-0.2, -0.15) is 8.42 Å². The maximum atomic E-state index is 10.9. The number of hydrogen-bond donors (Lipinski definition) is 1. The fourth-order valence-electron chi connectivity index (χ4n) is 1.87. The Balaban J connectivity index is 2.65. The summed E-state index contributed by atoms with van der Waals surface area (Å²) in [5.74, 6) is 0. The van der Waals surface area contributed by atoms with Gasteiger partial charge in [-0.05, 0) is 11.5 Å². The molecule has 4 nitrogen and oxygen atoms in total. The second-order valence-electron chi connectivity index (χ2n) is 3.66. The minimum atomic E-state index is -2.30. The molecule has 0 unspecified atom stereocenters. The fourth-order valence-corrected chi connectivity index (χ4v) is 2.19. The molecule has 0 fully saturated rings. The van der Waals surface area contributed by atoms with Gasteiger partial charge in [-0.25, -0.2) is 0 Å². The summed E-state index contributed by atoms with van der Waals surface area (Å²) in [6, 6.07) is 11.6. The highest BCUT2D eigenvalue weighted by atomic mass is 32.2. The van der Waals surface area contributed by atoms with Crippen LogP contribution in [0, 0.1) is 4.64 Å². The zero-order chi connectivity index (χ0) is 11.8. The molecule has 1 N–H and O–H groups in total. The first-order valence-electron chi connectivity index (χ1n) is 5.05. The van der Waals surface area contributed by atoms with E-state index >= 15 is 0 Å². The number of benzene rings is 2. The lowest BCUT2D eigenvalue weighted by atomic mass is 10.1. The third kappa shape index (κ3) is 1.60. The third-order valence-electron chi connectivity index (χ3n) is 2.66. The molecule has 1 heterocycles. The lowest BCUT2D eigenvalue weighted by Gasteiger charge is -2.01. The van der Waals surface area contributed by atoms with Crippen LogP contribution < -0.4 is 0 Å². The van der Waals surface area contributed by atoms with Crippen LogP contribution in [0.15, 0.2) is 42.6 Å². The van der Waals surface area contributed by atoms with Gasteiger partial charge in [0, 0.05) is 5.39 Å². The predicted molar refractivity (Wildman–Crippen MR) is 65.8 cm³/mol. The van der Waals surface area contributed by atoms with Crippen LogP contribution in [0.2, 0.25) is 0 Å². The summed E-state index contributed by atoms with van der Waals surface area (Å²) >= 11 is 0. The lowest BCUT2D eigenvalue weighted by Crippen LogP contribution is -1.87. The number of rotatable bonds is 0. The van der Waals surface area contributed by atoms with Crippen molar-refractivity contribution in [1.82, 2.24) is 9.97 Å². The lowest BCUT2D eigenvalue weighted by molar-refractivity contribution is 0.624. The van der Waals surface area contributed by atoms with Crippen LogP contribution in [0.4, 0.5) is 0 Å². The van der Waals surface area contributed by atoms with Crippen LogP contribution in [0.3, 0.4) is 0 Å². The van der Waals surface area contributed by atoms with E-state index in [9.17, 15) is 8.42 Å². The molecule has 0 amide bonds. The summed E-state index contributed by atoms with van der Waals surface area (Å²) in [6.07, 6.45) is 1.32. The van der Waals surface area contributed by atoms with Crippen LogP contribution in [0.25, 0.3) is 21.8 Å². The van der Waals surface area contributed by atoms with Crippen molar-refractivity contribution in [2.24, 2.45) is 0 Å². The summed E-state index contributed by atoms with van der Waals surface area (Å²) in [7, 11) is -2.30. The van der Waals surface area contributed by atoms with Crippen LogP contribution in [-0.4, -0.2) is 18.4 Å². The molecule has 0 saturated heterocycles. The number of aromatic nitrogens is 2. The summed E-state index contributed by atoms with van der Waals surface area (Å²) in [6.45, 7) is 0. The molecule has 0 bridgehead atoms. The van der Waals surface area contributed by atoms with E-state index in [0.717, 1.165) is 21.8 Å². The molecule has 2 aromatic carbocycles. The van der Waals surface area contributed by atoms with Crippen molar-refractivity contribution in [2.75, 3.05) is 0 Å². The molecule has 17 heavy (non-hydrogen) atoms. The Morgan fingerprint density at radius 2 is 1.88 bits per heavy atom. The molecule has 0 aliphatic carbocycles. The van der Waals surface area contributed by atoms with Crippen molar-refractivity contribution in [2.45, 2.75) is 0 Å². The summed E-state index contributed by atoms with van der Waals surface area (Å²) in [5, 5.41) is 2.01. The van der Waals surface area contributed by atoms with Gasteiger partial charge in [0.05, 0.1) is 17.2 Å². The van der Waals surface area contributed by atoms with Gasteiger partial charge in [0.2, 0.25) is 10.3 Å². The number of nitrogens with one attached hydrogen (secondary N) is 1. The van der Waals surface area contributed by atoms with Crippen molar-refractivity contribution in [3.05, 3.63) is 47.2 Å². The quantitative estimate of drug-likeness (QED) is 0.486. The van der Waals surface area contributed by atoms with Crippen LogP contribution >= 0.6 is 0 Å². The topological polar surface area (TPSA) is 62.8 Å². The Kier molecular flexibility index (Phi) is 2.19. The molecule has 0 aliphatic rings. The van der Waals surface area contributed by atoms with Crippen LogP contribution in [0.1, 0.15) is 0 Å². The van der Waals surface area contributed by atoms with E-state index in [1.54, 1.807) is 0 Å². The molecule has 3 aromatic rings. The Hall–Kier alpha value is -2.14. The minimum Gasteiger partial charge on any atom is -0.339 e. The van der Waals surface area contributed by atoms with Gasteiger partial charge in [-0.3, -0.25) is 4.98 Å². The third-order valence-corrected chi connectivity index (χ3v) is 3.22. The first-order valence-corrected chi connectivity index (χ1v) is 6.12. The van der Waals surface area contributed by atoms with E-state index < -0.39 is 10.3 Å². The van der Waals surface area contributed by atoms with Crippen LogP contribution in [0.5, 0.6) is 0 Å². The highest BCUT2D eigenvalue weighted by Gasteiger charge is 2.00. The Labute approximate surface area is 98.1 Å². The zero-order valence-electron chi connectivity index (χ0n) is 8.71. The average Bonchev–Trinajstić information content (AvgIpc) is 2.38. The van der Waals surface area contributed by atoms with Gasteiger partial charge in [-0.1, -0.05) is 30.3 Å². The van der Waals surface area contributed by atoms with Crippen molar-refractivity contribution in [3.63, 3.8) is 0 Å². The molecule has 1 aromatic heterocycles. The highest BCUT2D eigenvalue weighted by molar-refractivity contribution is 7.63. The van der Waals surface area contributed by atoms with E-state index in [0.29, 0.717) is 0 Å². The molecule has 3 rings (SSSR count). The number of nitrogens with zero attached hydrogens (tertiary/aromatic N) is 1. The Morgan fingerprint density at radius 3 is 2.71 bits per heavy atom. The maximum absolute atomic E-state index is 10.9. The Bertz CT molecular complexity index is 887. The fraction of sp³-hybridized carbons (Fsp3) is 0. The van der Waals surface area contributed by atoms with Gasteiger partial charge < -0.3 is 4.98 Å². The molecule has 0 atom stereocenters. The molecule has 0 aliphatic heterocycles. The van der Waals surface area contributed by atoms with Crippen molar-refractivity contribution >= 4 is 32.1 Å². The SMILES string of the molecule is O=S(=O)=c1cnc2ccc3ccccc3c2[nH]1. The summed E-state index contributed by atoms with van der Waals surface area (Å²) in [4.78, 5) is 7.02. The van der Waals surface area contributed by atoms with E-state index in [4.69, 9.17) is 0 Å². The predicted octanol–water partition coefficient (Wildman–Crippen LogP) is 2.13. The first-order chi connectivity index (χ1) is 8.25. The highest BCUT2D eigenvalue weighted by Crippen LogP contribution is 2.21. The first kappa shape index (κ1) is 10.0. The van der Waals surface area contributed by atoms with Crippen LogP contribution in [-0.2, 0) is 10.3 Å². The maximum Gasteiger partial charge on any atom is 0.239 e. The largest absolute Gasteiger partial charge is 0.339 e. The molecule has 0 saturated carbocycles. The molecule has 0 spiro atoms. The van der Waals surface area contributed by atoms with Gasteiger partial charge in [0.1, 0.15) is 0 Å². The van der Waals surface area contributed by atoms with Gasteiger partial charge >= 0.3 is 0 Å². The van der Waals surface area contributed by atoms with Crippen molar-refractivity contribution in [1.29, 1.82) is 0 Å². The average molecular weight is 244 g/mol. The zero-order valence-corrected chi connectivity index (χ0v) is 9.53. The standard InChI is InChI=1S/C12H8N2O2S/c15-17(16)11-7-13-10-6-5-8-3-1-2-4-9(8)12(10)14-11/h1-7,14H. The number of hydrogen-bond acceptors (Lipinski definition) is 3. The van der Waals surface area contributed by atoms with Gasteiger partial charge in [0.15, 0.2) is 4.64 Å². The van der Waals surface area contributed by atoms with E-state index in [-0.39, 0.29) is 4.64 Å². The molecular weight excluding hydrogens is 236 g/mol. The van der Waals surface area contributed by atoms with E-state index in [2.05, 4.69) is 9.97 Å². The molecular formula is C12H8N2O2S.